The van der Waals surface area contributed by atoms with E-state index in [9.17, 15) is 0 Å². The van der Waals surface area contributed by atoms with E-state index < -0.39 is 0 Å². The molecule has 74 valence electrons. The van der Waals surface area contributed by atoms with Gasteiger partial charge in [-0.1, -0.05) is 24.0 Å². The summed E-state index contributed by atoms with van der Waals surface area (Å²) < 4.78 is 5.28. The minimum atomic E-state index is 0.389. The van der Waals surface area contributed by atoms with Gasteiger partial charge in [-0.15, -0.1) is 0 Å². The molecule has 2 aromatic rings. The van der Waals surface area contributed by atoms with Crippen molar-refractivity contribution in [3.8, 4) is 23.2 Å². The van der Waals surface area contributed by atoms with Crippen LogP contribution in [-0.2, 0) is 0 Å². The summed E-state index contributed by atoms with van der Waals surface area (Å²) in [6.07, 6.45) is 1.66. The average molecular weight is 197 g/mol. The minimum Gasteiger partial charge on any atom is -0.464 e. The Morgan fingerprint density at radius 1 is 1.13 bits per heavy atom. The Kier molecular flexibility index (Phi) is 2.87. The molecule has 2 rings (SSSR count). The molecule has 0 saturated heterocycles. The molecule has 2 heteroatoms. The first-order valence-electron chi connectivity index (χ1n) is 4.73. The van der Waals surface area contributed by atoms with Crippen LogP contribution in [0.15, 0.2) is 47.1 Å². The lowest BCUT2D eigenvalue weighted by atomic mass is 10.1. The van der Waals surface area contributed by atoms with Gasteiger partial charge in [-0.05, 0) is 24.3 Å². The van der Waals surface area contributed by atoms with Crippen molar-refractivity contribution in [1.29, 1.82) is 0 Å². The first-order valence-corrected chi connectivity index (χ1v) is 4.73. The van der Waals surface area contributed by atoms with Gasteiger partial charge in [0.2, 0.25) is 0 Å². The lowest BCUT2D eigenvalue weighted by molar-refractivity contribution is 0.582. The van der Waals surface area contributed by atoms with Crippen molar-refractivity contribution in [2.45, 2.75) is 0 Å². The van der Waals surface area contributed by atoms with Crippen molar-refractivity contribution >= 4 is 0 Å². The van der Waals surface area contributed by atoms with Crippen LogP contribution in [0.5, 0.6) is 0 Å². The highest BCUT2D eigenvalue weighted by molar-refractivity contribution is 5.58. The molecule has 0 amide bonds. The van der Waals surface area contributed by atoms with Crippen LogP contribution in [0.1, 0.15) is 5.56 Å². The monoisotopic (exact) mass is 197 g/mol. The van der Waals surface area contributed by atoms with Crippen LogP contribution in [0.4, 0.5) is 0 Å². The molecule has 0 radical (unpaired) electrons. The molecular formula is C13H11NO. The molecule has 0 fully saturated rings. The zero-order valence-electron chi connectivity index (χ0n) is 8.23. The summed E-state index contributed by atoms with van der Waals surface area (Å²) in [6, 6.07) is 11.7. The molecule has 15 heavy (non-hydrogen) atoms. The van der Waals surface area contributed by atoms with E-state index >= 15 is 0 Å². The Morgan fingerprint density at radius 3 is 2.53 bits per heavy atom. The molecule has 0 saturated carbocycles. The fourth-order valence-electron chi connectivity index (χ4n) is 1.31. The minimum absolute atomic E-state index is 0.389. The van der Waals surface area contributed by atoms with E-state index in [1.54, 1.807) is 6.26 Å². The van der Waals surface area contributed by atoms with Crippen LogP contribution >= 0.6 is 0 Å². The summed E-state index contributed by atoms with van der Waals surface area (Å²) in [5.41, 5.74) is 7.32. The summed E-state index contributed by atoms with van der Waals surface area (Å²) in [6.45, 7) is 0.389. The van der Waals surface area contributed by atoms with E-state index in [1.165, 1.54) is 0 Å². The third kappa shape index (κ3) is 2.28. The Hall–Kier alpha value is -1.98. The van der Waals surface area contributed by atoms with E-state index in [2.05, 4.69) is 11.8 Å². The molecule has 2 N–H and O–H groups in total. The topological polar surface area (TPSA) is 39.2 Å². The van der Waals surface area contributed by atoms with E-state index in [0.717, 1.165) is 16.9 Å². The van der Waals surface area contributed by atoms with E-state index in [4.69, 9.17) is 10.2 Å². The fourth-order valence-corrected chi connectivity index (χ4v) is 1.31. The van der Waals surface area contributed by atoms with Gasteiger partial charge in [0.05, 0.1) is 12.8 Å². The molecule has 0 bridgehead atoms. The van der Waals surface area contributed by atoms with Crippen molar-refractivity contribution < 1.29 is 4.42 Å². The Bertz CT molecular complexity index is 471. The van der Waals surface area contributed by atoms with Crippen LogP contribution in [0, 0.1) is 11.8 Å². The van der Waals surface area contributed by atoms with Crippen molar-refractivity contribution in [2.24, 2.45) is 5.73 Å². The maximum atomic E-state index is 5.29. The van der Waals surface area contributed by atoms with Crippen LogP contribution in [0.3, 0.4) is 0 Å². The van der Waals surface area contributed by atoms with Crippen LogP contribution in [-0.4, -0.2) is 6.54 Å². The van der Waals surface area contributed by atoms with Gasteiger partial charge in [0.15, 0.2) is 0 Å². The molecule has 1 heterocycles. The summed E-state index contributed by atoms with van der Waals surface area (Å²) in [5, 5.41) is 0. The molecule has 0 aliphatic heterocycles. The molecular weight excluding hydrogens is 186 g/mol. The van der Waals surface area contributed by atoms with Gasteiger partial charge in [0.25, 0.3) is 0 Å². The van der Waals surface area contributed by atoms with Crippen LogP contribution in [0.2, 0.25) is 0 Å². The molecule has 2 nitrogen and oxygen atoms in total. The quantitative estimate of drug-likeness (QED) is 0.712. The SMILES string of the molecule is NCC#Cc1ccc(-c2ccco2)cc1. The van der Waals surface area contributed by atoms with Gasteiger partial charge in [0.1, 0.15) is 5.76 Å². The zero-order valence-corrected chi connectivity index (χ0v) is 8.23. The fraction of sp³-hybridized carbons (Fsp3) is 0.0769. The van der Waals surface area contributed by atoms with Gasteiger partial charge in [0, 0.05) is 11.1 Å². The zero-order chi connectivity index (χ0) is 10.5. The molecule has 1 aromatic heterocycles. The molecule has 0 atom stereocenters. The first-order chi connectivity index (χ1) is 7.40. The van der Waals surface area contributed by atoms with Crippen LogP contribution in [0.25, 0.3) is 11.3 Å². The second-order valence-electron chi connectivity index (χ2n) is 3.06. The normalized spacial score (nSPS) is 9.40. The molecule has 0 spiro atoms. The standard InChI is InChI=1S/C13H11NO/c14-9-1-3-11-5-7-12(8-6-11)13-4-2-10-15-13/h2,4-8,10H,9,14H2. The summed E-state index contributed by atoms with van der Waals surface area (Å²) in [4.78, 5) is 0. The average Bonchev–Trinajstić information content (AvgIpc) is 2.80. The smallest absolute Gasteiger partial charge is 0.133 e. The Labute approximate surface area is 88.7 Å². The molecule has 0 aliphatic rings. The summed E-state index contributed by atoms with van der Waals surface area (Å²) >= 11 is 0. The van der Waals surface area contributed by atoms with Gasteiger partial charge >= 0.3 is 0 Å². The van der Waals surface area contributed by atoms with E-state index in [-0.39, 0.29) is 0 Å². The number of hydrogen-bond donors (Lipinski definition) is 1. The maximum Gasteiger partial charge on any atom is 0.133 e. The predicted octanol–water partition coefficient (Wildman–Crippen LogP) is 2.26. The largest absolute Gasteiger partial charge is 0.464 e. The third-order valence-corrected chi connectivity index (χ3v) is 2.03. The second-order valence-corrected chi connectivity index (χ2v) is 3.06. The van der Waals surface area contributed by atoms with E-state index in [1.807, 2.05) is 36.4 Å². The van der Waals surface area contributed by atoms with Gasteiger partial charge in [-0.3, -0.25) is 0 Å². The number of benzene rings is 1. The first kappa shape index (κ1) is 9.57. The number of furan rings is 1. The summed E-state index contributed by atoms with van der Waals surface area (Å²) in [5.74, 6) is 6.65. The molecule has 0 aliphatic carbocycles. The Morgan fingerprint density at radius 2 is 1.93 bits per heavy atom. The predicted molar refractivity (Wildman–Crippen MR) is 60.1 cm³/mol. The Balaban J connectivity index is 2.25. The lowest BCUT2D eigenvalue weighted by Crippen LogP contribution is -1.92. The molecule has 1 aromatic carbocycles. The van der Waals surface area contributed by atoms with Crippen molar-refractivity contribution in [2.75, 3.05) is 6.54 Å². The second kappa shape index (κ2) is 4.50. The highest BCUT2D eigenvalue weighted by atomic mass is 16.3. The van der Waals surface area contributed by atoms with Crippen molar-refractivity contribution in [1.82, 2.24) is 0 Å². The van der Waals surface area contributed by atoms with Crippen LogP contribution < -0.4 is 5.73 Å². The number of rotatable bonds is 1. The number of hydrogen-bond acceptors (Lipinski definition) is 2. The highest BCUT2D eigenvalue weighted by Gasteiger charge is 1.98. The van der Waals surface area contributed by atoms with Crippen molar-refractivity contribution in [3.05, 3.63) is 48.2 Å². The maximum absolute atomic E-state index is 5.29. The summed E-state index contributed by atoms with van der Waals surface area (Å²) in [7, 11) is 0. The molecule has 0 unspecified atom stereocenters. The van der Waals surface area contributed by atoms with Gasteiger partial charge in [-0.2, -0.15) is 0 Å². The van der Waals surface area contributed by atoms with Gasteiger partial charge in [-0.25, -0.2) is 0 Å². The third-order valence-electron chi connectivity index (χ3n) is 2.03. The highest BCUT2D eigenvalue weighted by Crippen LogP contribution is 2.19. The van der Waals surface area contributed by atoms with Gasteiger partial charge < -0.3 is 10.2 Å². The lowest BCUT2D eigenvalue weighted by Gasteiger charge is -1.96. The number of nitrogens with two attached hydrogens (primary N) is 1. The van der Waals surface area contributed by atoms with Crippen molar-refractivity contribution in [3.63, 3.8) is 0 Å². The van der Waals surface area contributed by atoms with E-state index in [0.29, 0.717) is 6.54 Å².